The van der Waals surface area contributed by atoms with Crippen LogP contribution in [0.1, 0.15) is 18.1 Å². The van der Waals surface area contributed by atoms with Crippen molar-refractivity contribution in [2.75, 3.05) is 24.5 Å². The SMILES string of the molecule is CCN1/C(=C2/SC(=NCCc3ccccc3)N(CCc3ccccc3)C2=O)Sc2ccc(Cl)cc21. The Morgan fingerprint density at radius 1 is 0.857 bits per heavy atom. The fourth-order valence-electron chi connectivity index (χ4n) is 4.20. The van der Waals surface area contributed by atoms with Gasteiger partial charge in [0.1, 0.15) is 9.93 Å². The highest BCUT2D eigenvalue weighted by Crippen LogP contribution is 2.51. The van der Waals surface area contributed by atoms with Crippen LogP contribution in [-0.4, -0.2) is 35.6 Å². The van der Waals surface area contributed by atoms with Crippen LogP contribution in [0.15, 0.2) is 98.7 Å². The number of nitrogens with zero attached hydrogens (tertiary/aromatic N) is 3. The second-order valence-corrected chi connectivity index (χ2v) is 10.7. The predicted molar refractivity (Wildman–Crippen MR) is 149 cm³/mol. The molecule has 2 aliphatic rings. The van der Waals surface area contributed by atoms with Crippen molar-refractivity contribution < 1.29 is 4.79 Å². The van der Waals surface area contributed by atoms with Crippen molar-refractivity contribution in [2.45, 2.75) is 24.7 Å². The van der Waals surface area contributed by atoms with Gasteiger partial charge in [0, 0.05) is 29.6 Å². The Labute approximate surface area is 220 Å². The van der Waals surface area contributed by atoms with E-state index >= 15 is 0 Å². The van der Waals surface area contributed by atoms with Crippen LogP contribution in [0.3, 0.4) is 0 Å². The molecule has 0 saturated carbocycles. The summed E-state index contributed by atoms with van der Waals surface area (Å²) in [5, 5.41) is 2.46. The lowest BCUT2D eigenvalue weighted by molar-refractivity contribution is -0.122. The Bertz CT molecular complexity index is 1280. The summed E-state index contributed by atoms with van der Waals surface area (Å²) in [6.45, 7) is 4.11. The van der Waals surface area contributed by atoms with E-state index in [9.17, 15) is 4.79 Å². The first kappa shape index (κ1) is 24.0. The molecule has 0 bridgehead atoms. The van der Waals surface area contributed by atoms with Crippen LogP contribution in [0.5, 0.6) is 0 Å². The summed E-state index contributed by atoms with van der Waals surface area (Å²) in [4.78, 5) is 24.6. The number of rotatable bonds is 7. The molecular weight excluding hydrogens is 494 g/mol. The van der Waals surface area contributed by atoms with Crippen molar-refractivity contribution in [3.63, 3.8) is 0 Å². The number of amides is 1. The molecule has 1 amide bonds. The standard InChI is InChI=1S/C28H26ClN3OS2/c1-2-31-23-19-22(29)13-14-24(23)34-27(31)25-26(33)32(18-16-21-11-7-4-8-12-21)28(35-25)30-17-15-20-9-5-3-6-10-20/h3-14,19H,2,15-18H2,1H3/b27-25-,30-28?. The Kier molecular flexibility index (Phi) is 7.51. The first-order valence-corrected chi connectivity index (χ1v) is 13.8. The lowest BCUT2D eigenvalue weighted by Gasteiger charge is -2.19. The third-order valence-corrected chi connectivity index (χ3v) is 8.65. The average Bonchev–Trinajstić information content (AvgIpc) is 3.40. The summed E-state index contributed by atoms with van der Waals surface area (Å²) in [7, 11) is 0. The molecule has 0 spiro atoms. The molecule has 0 radical (unpaired) electrons. The first-order chi connectivity index (χ1) is 17.1. The summed E-state index contributed by atoms with van der Waals surface area (Å²) in [6, 6.07) is 26.6. The number of aliphatic imine (C=N–C) groups is 1. The maximum atomic E-state index is 13.7. The highest BCUT2D eigenvalue weighted by molar-refractivity contribution is 8.19. The van der Waals surface area contributed by atoms with Crippen LogP contribution >= 0.6 is 35.1 Å². The lowest BCUT2D eigenvalue weighted by atomic mass is 10.1. The van der Waals surface area contributed by atoms with Gasteiger partial charge in [0.05, 0.1) is 5.69 Å². The zero-order valence-corrected chi connectivity index (χ0v) is 21.9. The van der Waals surface area contributed by atoms with Crippen molar-refractivity contribution in [2.24, 2.45) is 4.99 Å². The number of hydrogen-bond acceptors (Lipinski definition) is 5. The largest absolute Gasteiger partial charge is 0.334 e. The molecule has 5 rings (SSSR count). The van der Waals surface area contributed by atoms with Gasteiger partial charge in [0.25, 0.3) is 5.91 Å². The lowest BCUT2D eigenvalue weighted by Crippen LogP contribution is -2.32. The van der Waals surface area contributed by atoms with Gasteiger partial charge in [-0.1, -0.05) is 84.0 Å². The number of carbonyl (C=O) groups excluding carboxylic acids is 1. The maximum absolute atomic E-state index is 13.7. The normalized spacial score (nSPS) is 18.6. The maximum Gasteiger partial charge on any atom is 0.269 e. The molecule has 2 aliphatic heterocycles. The predicted octanol–water partition coefficient (Wildman–Crippen LogP) is 6.86. The molecule has 178 valence electrons. The van der Waals surface area contributed by atoms with E-state index in [2.05, 4.69) is 36.1 Å². The second-order valence-electron chi connectivity index (χ2n) is 8.29. The molecule has 2 heterocycles. The molecular formula is C28H26ClN3OS2. The zero-order chi connectivity index (χ0) is 24.2. The Hall–Kier alpha value is -2.67. The average molecular weight is 520 g/mol. The van der Waals surface area contributed by atoms with E-state index < -0.39 is 0 Å². The highest BCUT2D eigenvalue weighted by Gasteiger charge is 2.39. The minimum atomic E-state index is 0.0317. The fourth-order valence-corrected chi connectivity index (χ4v) is 6.77. The van der Waals surface area contributed by atoms with Crippen molar-refractivity contribution >= 4 is 51.9 Å². The van der Waals surface area contributed by atoms with Gasteiger partial charge in [0.2, 0.25) is 0 Å². The van der Waals surface area contributed by atoms with E-state index in [1.54, 1.807) is 11.8 Å². The van der Waals surface area contributed by atoms with Crippen molar-refractivity contribution in [1.82, 2.24) is 4.90 Å². The number of thioether (sulfide) groups is 2. The quantitative estimate of drug-likeness (QED) is 0.319. The smallest absolute Gasteiger partial charge is 0.269 e. The van der Waals surface area contributed by atoms with E-state index in [4.69, 9.17) is 16.6 Å². The van der Waals surface area contributed by atoms with Gasteiger partial charge in [0.15, 0.2) is 5.17 Å². The summed E-state index contributed by atoms with van der Waals surface area (Å²) >= 11 is 9.42. The van der Waals surface area contributed by atoms with E-state index in [-0.39, 0.29) is 5.91 Å². The second kappa shape index (κ2) is 10.9. The Balaban J connectivity index is 1.43. The van der Waals surface area contributed by atoms with Crippen LogP contribution in [0.25, 0.3) is 0 Å². The number of hydrogen-bond donors (Lipinski definition) is 0. The first-order valence-electron chi connectivity index (χ1n) is 11.7. The van der Waals surface area contributed by atoms with Crippen LogP contribution in [0.4, 0.5) is 5.69 Å². The highest BCUT2D eigenvalue weighted by atomic mass is 35.5. The van der Waals surface area contributed by atoms with Gasteiger partial charge < -0.3 is 4.90 Å². The van der Waals surface area contributed by atoms with E-state index in [1.807, 2.05) is 59.5 Å². The minimum Gasteiger partial charge on any atom is -0.334 e. The molecule has 0 N–H and O–H groups in total. The van der Waals surface area contributed by atoms with Crippen LogP contribution < -0.4 is 4.90 Å². The minimum absolute atomic E-state index is 0.0317. The third kappa shape index (κ3) is 5.30. The van der Waals surface area contributed by atoms with Gasteiger partial charge >= 0.3 is 0 Å². The topological polar surface area (TPSA) is 35.9 Å². The van der Waals surface area contributed by atoms with Gasteiger partial charge in [-0.3, -0.25) is 14.7 Å². The number of amidine groups is 1. The van der Waals surface area contributed by atoms with Crippen LogP contribution in [-0.2, 0) is 17.6 Å². The molecule has 3 aromatic rings. The zero-order valence-electron chi connectivity index (χ0n) is 19.5. The summed E-state index contributed by atoms with van der Waals surface area (Å²) < 4.78 is 0. The molecule has 35 heavy (non-hydrogen) atoms. The molecule has 7 heteroatoms. The molecule has 0 atom stereocenters. The number of benzene rings is 3. The van der Waals surface area contributed by atoms with Crippen molar-refractivity contribution in [1.29, 1.82) is 0 Å². The van der Waals surface area contributed by atoms with Gasteiger partial charge in [-0.25, -0.2) is 0 Å². The molecule has 3 aromatic carbocycles. The number of anilines is 1. The Morgan fingerprint density at radius 3 is 2.23 bits per heavy atom. The number of halogens is 1. The van der Waals surface area contributed by atoms with E-state index in [0.29, 0.717) is 18.1 Å². The summed E-state index contributed by atoms with van der Waals surface area (Å²) in [5.74, 6) is 0.0317. The van der Waals surface area contributed by atoms with Crippen molar-refractivity contribution in [3.8, 4) is 0 Å². The molecule has 1 fully saturated rings. The Morgan fingerprint density at radius 2 is 1.54 bits per heavy atom. The summed E-state index contributed by atoms with van der Waals surface area (Å²) in [6.07, 6.45) is 1.63. The number of carbonyl (C=O) groups is 1. The molecule has 0 aliphatic carbocycles. The number of fused-ring (bicyclic) bond motifs is 1. The van der Waals surface area contributed by atoms with Gasteiger partial charge in [-0.05, 0) is 60.9 Å². The van der Waals surface area contributed by atoms with E-state index in [1.165, 1.54) is 22.9 Å². The molecule has 0 unspecified atom stereocenters. The van der Waals surface area contributed by atoms with Gasteiger partial charge in [-0.2, -0.15) is 0 Å². The van der Waals surface area contributed by atoms with Crippen LogP contribution in [0.2, 0.25) is 5.02 Å². The molecule has 1 saturated heterocycles. The fraction of sp³-hybridized carbons (Fsp3) is 0.214. The van der Waals surface area contributed by atoms with E-state index in [0.717, 1.165) is 45.1 Å². The summed E-state index contributed by atoms with van der Waals surface area (Å²) in [5.41, 5.74) is 3.52. The monoisotopic (exact) mass is 519 g/mol. The van der Waals surface area contributed by atoms with Gasteiger partial charge in [-0.15, -0.1) is 0 Å². The molecule has 4 nitrogen and oxygen atoms in total. The third-order valence-electron chi connectivity index (χ3n) is 5.99. The molecule has 0 aromatic heterocycles. The van der Waals surface area contributed by atoms with Crippen molar-refractivity contribution in [3.05, 3.63) is 105 Å². The van der Waals surface area contributed by atoms with Crippen LogP contribution in [0, 0.1) is 0 Å².